The number of carbonyl (C=O) groups excluding carboxylic acids is 3. The molecule has 26 heavy (non-hydrogen) atoms. The van der Waals surface area contributed by atoms with E-state index in [4.69, 9.17) is 11.6 Å². The predicted octanol–water partition coefficient (Wildman–Crippen LogP) is 2.49. The van der Waals surface area contributed by atoms with Crippen LogP contribution in [0.15, 0.2) is 54.6 Å². The van der Waals surface area contributed by atoms with E-state index >= 15 is 0 Å². The second-order valence-corrected chi connectivity index (χ2v) is 5.88. The van der Waals surface area contributed by atoms with Crippen LogP contribution in [0.2, 0.25) is 5.02 Å². The van der Waals surface area contributed by atoms with Crippen LogP contribution in [0, 0.1) is 0 Å². The van der Waals surface area contributed by atoms with E-state index in [2.05, 4.69) is 15.4 Å². The van der Waals surface area contributed by atoms with Crippen LogP contribution in [-0.4, -0.2) is 31.4 Å². The molecule has 0 saturated carbocycles. The highest BCUT2D eigenvalue weighted by molar-refractivity contribution is 6.33. The van der Waals surface area contributed by atoms with Crippen LogP contribution >= 0.6 is 11.6 Å². The van der Waals surface area contributed by atoms with Crippen LogP contribution in [-0.2, 0) is 14.3 Å². The first kappa shape index (κ1) is 19.5. The summed E-state index contributed by atoms with van der Waals surface area (Å²) in [7, 11) is 1.29. The summed E-state index contributed by atoms with van der Waals surface area (Å²) in [6.45, 7) is -0.242. The molecule has 2 aromatic rings. The fourth-order valence-electron chi connectivity index (χ4n) is 2.33. The number of amides is 2. The number of halogens is 1. The number of carbonyl (C=O) groups is 3. The zero-order chi connectivity index (χ0) is 18.9. The third-order valence-electron chi connectivity index (χ3n) is 3.66. The van der Waals surface area contributed by atoms with Gasteiger partial charge in [-0.3, -0.25) is 14.4 Å². The summed E-state index contributed by atoms with van der Waals surface area (Å²) in [6, 6.07) is 15.1. The summed E-state index contributed by atoms with van der Waals surface area (Å²) in [5.41, 5.74) is 1.06. The van der Waals surface area contributed by atoms with Gasteiger partial charge in [0.1, 0.15) is 0 Å². The van der Waals surface area contributed by atoms with Crippen LogP contribution in [0.1, 0.15) is 28.4 Å². The molecular weight excluding hydrogens is 356 g/mol. The topological polar surface area (TPSA) is 84.5 Å². The van der Waals surface area contributed by atoms with Crippen LogP contribution in [0.5, 0.6) is 0 Å². The van der Waals surface area contributed by atoms with Crippen molar-refractivity contribution >= 4 is 29.4 Å². The number of esters is 1. The van der Waals surface area contributed by atoms with Gasteiger partial charge in [-0.15, -0.1) is 0 Å². The Kier molecular flexibility index (Phi) is 7.17. The van der Waals surface area contributed by atoms with Crippen molar-refractivity contribution in [3.05, 3.63) is 70.7 Å². The van der Waals surface area contributed by atoms with Crippen molar-refractivity contribution in [1.82, 2.24) is 10.6 Å². The van der Waals surface area contributed by atoms with Crippen molar-refractivity contribution in [1.29, 1.82) is 0 Å². The highest BCUT2D eigenvalue weighted by Crippen LogP contribution is 2.17. The Hall–Kier alpha value is -2.86. The lowest BCUT2D eigenvalue weighted by molar-refractivity contribution is -0.141. The average molecular weight is 375 g/mol. The lowest BCUT2D eigenvalue weighted by Gasteiger charge is -2.18. The fraction of sp³-hybridized carbons (Fsp3) is 0.211. The molecule has 0 aromatic heterocycles. The van der Waals surface area contributed by atoms with Crippen molar-refractivity contribution in [2.75, 3.05) is 13.7 Å². The van der Waals surface area contributed by atoms with Gasteiger partial charge >= 0.3 is 5.97 Å². The van der Waals surface area contributed by atoms with E-state index in [0.717, 1.165) is 5.56 Å². The van der Waals surface area contributed by atoms with Crippen molar-refractivity contribution in [3.63, 3.8) is 0 Å². The maximum absolute atomic E-state index is 12.2. The van der Waals surface area contributed by atoms with Gasteiger partial charge in [-0.1, -0.05) is 54.1 Å². The molecule has 2 N–H and O–H groups in total. The summed E-state index contributed by atoms with van der Waals surface area (Å²) in [6.07, 6.45) is -0.00921. The highest BCUT2D eigenvalue weighted by Gasteiger charge is 2.19. The van der Waals surface area contributed by atoms with Gasteiger partial charge in [0.25, 0.3) is 5.91 Å². The lowest BCUT2D eigenvalue weighted by atomic mass is 10.0. The molecule has 0 aliphatic rings. The Labute approximate surface area is 156 Å². The van der Waals surface area contributed by atoms with Crippen LogP contribution in [0.3, 0.4) is 0 Å². The second-order valence-electron chi connectivity index (χ2n) is 5.47. The van der Waals surface area contributed by atoms with Crippen LogP contribution < -0.4 is 10.6 Å². The van der Waals surface area contributed by atoms with Crippen LogP contribution in [0.4, 0.5) is 0 Å². The standard InChI is InChI=1S/C19H19ClN2O4/c1-26-18(24)11-16(13-7-3-2-4-8-13)22-17(23)12-21-19(25)14-9-5-6-10-15(14)20/h2-10,16H,11-12H2,1H3,(H,21,25)(H,22,23). The van der Waals surface area contributed by atoms with Gasteiger partial charge in [0.15, 0.2) is 0 Å². The Morgan fingerprint density at radius 1 is 1.04 bits per heavy atom. The quantitative estimate of drug-likeness (QED) is 0.729. The molecule has 1 unspecified atom stereocenters. The molecule has 0 aliphatic carbocycles. The molecule has 1 atom stereocenters. The summed E-state index contributed by atoms with van der Waals surface area (Å²) in [5, 5.41) is 5.55. The van der Waals surface area contributed by atoms with E-state index in [0.29, 0.717) is 5.02 Å². The Morgan fingerprint density at radius 2 is 1.69 bits per heavy atom. The Bertz CT molecular complexity index is 780. The largest absolute Gasteiger partial charge is 0.469 e. The summed E-state index contributed by atoms with van der Waals surface area (Å²) in [5.74, 6) is -1.32. The molecule has 0 heterocycles. The maximum Gasteiger partial charge on any atom is 0.307 e. The first-order valence-electron chi connectivity index (χ1n) is 7.95. The van der Waals surface area contributed by atoms with Crippen molar-refractivity contribution in [2.24, 2.45) is 0 Å². The zero-order valence-electron chi connectivity index (χ0n) is 14.2. The normalized spacial score (nSPS) is 11.3. The van der Waals surface area contributed by atoms with E-state index in [1.807, 2.05) is 18.2 Å². The molecule has 0 spiro atoms. The lowest BCUT2D eigenvalue weighted by Crippen LogP contribution is -2.39. The minimum absolute atomic E-state index is 0.00921. The number of nitrogens with one attached hydrogen (secondary N) is 2. The smallest absolute Gasteiger partial charge is 0.307 e. The van der Waals surface area contributed by atoms with Gasteiger partial charge in [0.05, 0.1) is 36.7 Å². The number of rotatable bonds is 7. The minimum atomic E-state index is -0.548. The van der Waals surface area contributed by atoms with E-state index in [1.165, 1.54) is 7.11 Å². The predicted molar refractivity (Wildman–Crippen MR) is 97.7 cm³/mol. The first-order valence-corrected chi connectivity index (χ1v) is 8.33. The number of hydrogen-bond donors (Lipinski definition) is 2. The molecule has 2 rings (SSSR count). The molecule has 2 amide bonds. The average Bonchev–Trinajstić information content (AvgIpc) is 2.66. The maximum atomic E-state index is 12.2. The Balaban J connectivity index is 1.97. The first-order chi connectivity index (χ1) is 12.5. The van der Waals surface area contributed by atoms with Gasteiger partial charge in [0, 0.05) is 0 Å². The molecule has 0 aliphatic heterocycles. The fourth-order valence-corrected chi connectivity index (χ4v) is 2.56. The van der Waals surface area contributed by atoms with E-state index in [-0.39, 0.29) is 18.5 Å². The van der Waals surface area contributed by atoms with Crippen molar-refractivity contribution in [2.45, 2.75) is 12.5 Å². The number of hydrogen-bond acceptors (Lipinski definition) is 4. The van der Waals surface area contributed by atoms with Gasteiger partial charge in [-0.25, -0.2) is 0 Å². The van der Waals surface area contributed by atoms with E-state index in [9.17, 15) is 14.4 Å². The van der Waals surface area contributed by atoms with Crippen LogP contribution in [0.25, 0.3) is 0 Å². The monoisotopic (exact) mass is 374 g/mol. The molecule has 0 radical (unpaired) electrons. The van der Waals surface area contributed by atoms with E-state index < -0.39 is 23.8 Å². The molecule has 0 saturated heterocycles. The molecule has 0 fully saturated rings. The zero-order valence-corrected chi connectivity index (χ0v) is 15.0. The molecule has 136 valence electrons. The summed E-state index contributed by atoms with van der Waals surface area (Å²) >= 11 is 5.96. The molecular formula is C19H19ClN2O4. The van der Waals surface area contributed by atoms with Crippen molar-refractivity contribution in [3.8, 4) is 0 Å². The number of benzene rings is 2. The second kappa shape index (κ2) is 9.58. The molecule has 0 bridgehead atoms. The number of ether oxygens (including phenoxy) is 1. The van der Waals surface area contributed by atoms with E-state index in [1.54, 1.807) is 36.4 Å². The summed E-state index contributed by atoms with van der Waals surface area (Å²) < 4.78 is 4.68. The minimum Gasteiger partial charge on any atom is -0.469 e. The Morgan fingerprint density at radius 3 is 2.35 bits per heavy atom. The third-order valence-corrected chi connectivity index (χ3v) is 3.99. The van der Waals surface area contributed by atoms with Gasteiger partial charge in [0.2, 0.25) is 5.91 Å². The third kappa shape index (κ3) is 5.60. The van der Waals surface area contributed by atoms with Gasteiger partial charge in [-0.2, -0.15) is 0 Å². The van der Waals surface area contributed by atoms with Gasteiger partial charge < -0.3 is 15.4 Å². The molecule has 6 nitrogen and oxygen atoms in total. The van der Waals surface area contributed by atoms with Crippen molar-refractivity contribution < 1.29 is 19.1 Å². The molecule has 2 aromatic carbocycles. The summed E-state index contributed by atoms with van der Waals surface area (Å²) in [4.78, 5) is 35.9. The SMILES string of the molecule is COC(=O)CC(NC(=O)CNC(=O)c1ccccc1Cl)c1ccccc1. The highest BCUT2D eigenvalue weighted by atomic mass is 35.5. The number of methoxy groups -OCH3 is 1. The molecule has 7 heteroatoms. The van der Waals surface area contributed by atoms with Gasteiger partial charge in [-0.05, 0) is 17.7 Å².